The Labute approximate surface area is 137 Å². The van der Waals surface area contributed by atoms with Crippen molar-refractivity contribution in [3.05, 3.63) is 21.4 Å². The lowest BCUT2D eigenvalue weighted by Crippen LogP contribution is -2.45. The van der Waals surface area contributed by atoms with Crippen LogP contribution in [0.3, 0.4) is 0 Å². The maximum atomic E-state index is 12.5. The molecule has 21 heavy (non-hydrogen) atoms. The van der Waals surface area contributed by atoms with Gasteiger partial charge < -0.3 is 10.2 Å². The standard InChI is InChI=1S/C16H24N2OS.ClH/c1-11-9-15(20-12(11)2)16(19)18-7-5-14(6-8-18)17-10-13-3-4-13;/h9,13-14,17H,3-8,10H2,1-2H3;1H. The Bertz CT molecular complexity index is 471. The predicted molar refractivity (Wildman–Crippen MR) is 90.7 cm³/mol. The molecule has 1 saturated heterocycles. The summed E-state index contributed by atoms with van der Waals surface area (Å²) in [7, 11) is 0. The number of halogens is 1. The van der Waals surface area contributed by atoms with Crippen molar-refractivity contribution in [2.24, 2.45) is 5.92 Å². The average Bonchev–Trinajstić information content (AvgIpc) is 3.22. The van der Waals surface area contributed by atoms with Crippen LogP contribution in [0.25, 0.3) is 0 Å². The van der Waals surface area contributed by atoms with Crippen molar-refractivity contribution < 1.29 is 4.79 Å². The molecule has 0 spiro atoms. The minimum Gasteiger partial charge on any atom is -0.338 e. The van der Waals surface area contributed by atoms with E-state index in [9.17, 15) is 4.79 Å². The minimum absolute atomic E-state index is 0. The zero-order chi connectivity index (χ0) is 14.1. The molecule has 5 heteroatoms. The summed E-state index contributed by atoms with van der Waals surface area (Å²) < 4.78 is 0. The van der Waals surface area contributed by atoms with Crippen LogP contribution >= 0.6 is 23.7 Å². The number of amides is 1. The Hall–Kier alpha value is -0.580. The quantitative estimate of drug-likeness (QED) is 0.918. The fourth-order valence-corrected chi connectivity index (χ4v) is 3.78. The molecule has 118 valence electrons. The zero-order valence-electron chi connectivity index (χ0n) is 12.9. The highest BCUT2D eigenvalue weighted by Crippen LogP contribution is 2.28. The molecule has 2 aliphatic rings. The summed E-state index contributed by atoms with van der Waals surface area (Å²) in [6.45, 7) is 7.15. The second kappa shape index (κ2) is 7.12. The lowest BCUT2D eigenvalue weighted by molar-refractivity contribution is 0.0710. The number of carbonyl (C=O) groups is 1. The smallest absolute Gasteiger partial charge is 0.263 e. The van der Waals surface area contributed by atoms with Crippen LogP contribution in [-0.2, 0) is 0 Å². The largest absolute Gasteiger partial charge is 0.338 e. The summed E-state index contributed by atoms with van der Waals surface area (Å²) in [6.07, 6.45) is 5.01. The summed E-state index contributed by atoms with van der Waals surface area (Å²) in [5.41, 5.74) is 1.24. The van der Waals surface area contributed by atoms with Gasteiger partial charge in [0.15, 0.2) is 0 Å². The number of hydrogen-bond acceptors (Lipinski definition) is 3. The minimum atomic E-state index is 0. The summed E-state index contributed by atoms with van der Waals surface area (Å²) in [6, 6.07) is 2.66. The molecule has 0 radical (unpaired) electrons. The zero-order valence-corrected chi connectivity index (χ0v) is 14.5. The van der Waals surface area contributed by atoms with E-state index in [-0.39, 0.29) is 18.3 Å². The molecule has 1 amide bonds. The second-order valence-corrected chi connectivity index (χ2v) is 7.52. The summed E-state index contributed by atoms with van der Waals surface area (Å²) in [4.78, 5) is 16.7. The molecule has 0 aromatic carbocycles. The van der Waals surface area contributed by atoms with Gasteiger partial charge in [0.05, 0.1) is 4.88 Å². The molecule has 1 saturated carbocycles. The molecule has 1 aromatic heterocycles. The van der Waals surface area contributed by atoms with Crippen molar-refractivity contribution in [2.45, 2.75) is 45.6 Å². The van der Waals surface area contributed by atoms with Crippen LogP contribution in [0.2, 0.25) is 0 Å². The van der Waals surface area contributed by atoms with Crippen molar-refractivity contribution in [3.8, 4) is 0 Å². The van der Waals surface area contributed by atoms with Crippen LogP contribution in [0.15, 0.2) is 6.07 Å². The van der Waals surface area contributed by atoms with Gasteiger partial charge >= 0.3 is 0 Å². The van der Waals surface area contributed by atoms with Crippen molar-refractivity contribution in [3.63, 3.8) is 0 Å². The number of nitrogens with zero attached hydrogens (tertiary/aromatic N) is 1. The van der Waals surface area contributed by atoms with Crippen molar-refractivity contribution in [1.82, 2.24) is 10.2 Å². The van der Waals surface area contributed by atoms with Crippen LogP contribution in [0.4, 0.5) is 0 Å². The molecule has 3 rings (SSSR count). The Morgan fingerprint density at radius 2 is 1.95 bits per heavy atom. The van der Waals surface area contributed by atoms with E-state index >= 15 is 0 Å². The van der Waals surface area contributed by atoms with Crippen LogP contribution in [0.1, 0.15) is 45.8 Å². The Balaban J connectivity index is 0.00000161. The number of aryl methyl sites for hydroxylation is 2. The van der Waals surface area contributed by atoms with E-state index in [4.69, 9.17) is 0 Å². The molecule has 1 aromatic rings. The fourth-order valence-electron chi connectivity index (χ4n) is 2.78. The van der Waals surface area contributed by atoms with Crippen molar-refractivity contribution in [2.75, 3.05) is 19.6 Å². The van der Waals surface area contributed by atoms with Crippen molar-refractivity contribution >= 4 is 29.7 Å². The van der Waals surface area contributed by atoms with E-state index in [1.54, 1.807) is 11.3 Å². The van der Waals surface area contributed by atoms with E-state index in [0.717, 1.165) is 36.7 Å². The molecular formula is C16H25ClN2OS. The topological polar surface area (TPSA) is 32.3 Å². The molecular weight excluding hydrogens is 304 g/mol. The molecule has 3 nitrogen and oxygen atoms in total. The first-order chi connectivity index (χ1) is 9.63. The first-order valence-corrected chi connectivity index (χ1v) is 8.55. The second-order valence-electron chi connectivity index (χ2n) is 6.27. The highest BCUT2D eigenvalue weighted by atomic mass is 35.5. The van der Waals surface area contributed by atoms with Gasteiger partial charge in [-0.15, -0.1) is 23.7 Å². The van der Waals surface area contributed by atoms with Gasteiger partial charge in [0.25, 0.3) is 5.91 Å². The number of likely N-dealkylation sites (tertiary alicyclic amines) is 1. The van der Waals surface area contributed by atoms with E-state index in [2.05, 4.69) is 19.2 Å². The number of rotatable bonds is 4. The number of thiophene rings is 1. The lowest BCUT2D eigenvalue weighted by Gasteiger charge is -2.32. The third-order valence-corrected chi connectivity index (χ3v) is 5.69. The van der Waals surface area contributed by atoms with Gasteiger partial charge in [-0.3, -0.25) is 4.79 Å². The van der Waals surface area contributed by atoms with Gasteiger partial charge in [-0.25, -0.2) is 0 Å². The van der Waals surface area contributed by atoms with Crippen molar-refractivity contribution in [1.29, 1.82) is 0 Å². The first kappa shape index (κ1) is 16.8. The summed E-state index contributed by atoms with van der Waals surface area (Å²) >= 11 is 1.63. The van der Waals surface area contributed by atoms with Crippen LogP contribution in [-0.4, -0.2) is 36.5 Å². The predicted octanol–water partition coefficient (Wildman–Crippen LogP) is 3.39. The number of carbonyl (C=O) groups excluding carboxylic acids is 1. The van der Waals surface area contributed by atoms with Crippen LogP contribution in [0, 0.1) is 19.8 Å². The van der Waals surface area contributed by atoms with E-state index in [1.165, 1.54) is 29.8 Å². The molecule has 0 unspecified atom stereocenters. The van der Waals surface area contributed by atoms with Crippen LogP contribution in [0.5, 0.6) is 0 Å². The monoisotopic (exact) mass is 328 g/mol. The third-order valence-electron chi connectivity index (χ3n) is 4.55. The Morgan fingerprint density at radius 1 is 1.29 bits per heavy atom. The maximum absolute atomic E-state index is 12.5. The highest BCUT2D eigenvalue weighted by Gasteiger charge is 2.26. The Morgan fingerprint density at radius 3 is 2.48 bits per heavy atom. The number of nitrogens with one attached hydrogen (secondary N) is 1. The van der Waals surface area contributed by atoms with Crippen LogP contribution < -0.4 is 5.32 Å². The van der Waals surface area contributed by atoms with Gasteiger partial charge in [0, 0.05) is 24.0 Å². The van der Waals surface area contributed by atoms with Gasteiger partial charge in [-0.2, -0.15) is 0 Å². The molecule has 2 heterocycles. The average molecular weight is 329 g/mol. The van der Waals surface area contributed by atoms with Gasteiger partial charge in [0.1, 0.15) is 0 Å². The molecule has 1 aliphatic heterocycles. The highest BCUT2D eigenvalue weighted by molar-refractivity contribution is 7.14. The SMILES string of the molecule is Cc1cc(C(=O)N2CCC(NCC3CC3)CC2)sc1C.Cl. The summed E-state index contributed by atoms with van der Waals surface area (Å²) in [5, 5.41) is 3.66. The van der Waals surface area contributed by atoms with Gasteiger partial charge in [0.2, 0.25) is 0 Å². The van der Waals surface area contributed by atoms with Gasteiger partial charge in [-0.1, -0.05) is 0 Å². The van der Waals surface area contributed by atoms with E-state index in [1.807, 2.05) is 11.0 Å². The molecule has 2 fully saturated rings. The number of hydrogen-bond donors (Lipinski definition) is 1. The molecule has 1 N–H and O–H groups in total. The molecule has 0 bridgehead atoms. The Kier molecular flexibility index (Phi) is 5.69. The van der Waals surface area contributed by atoms with Gasteiger partial charge in [-0.05, 0) is 63.6 Å². The molecule has 0 atom stereocenters. The summed E-state index contributed by atoms with van der Waals surface area (Å²) in [5.74, 6) is 1.17. The van der Waals surface area contributed by atoms with E-state index < -0.39 is 0 Å². The molecule has 1 aliphatic carbocycles. The first-order valence-electron chi connectivity index (χ1n) is 7.73. The third kappa shape index (κ3) is 4.21. The fraction of sp³-hybridized carbons (Fsp3) is 0.688. The normalized spacial score (nSPS) is 19.4. The lowest BCUT2D eigenvalue weighted by atomic mass is 10.0. The maximum Gasteiger partial charge on any atom is 0.263 e. The number of piperidine rings is 1. The van der Waals surface area contributed by atoms with E-state index in [0.29, 0.717) is 6.04 Å².